The number of ether oxygens (including phenoxy) is 2. The minimum absolute atomic E-state index is 0.00597. The molecule has 1 amide bonds. The second-order valence-corrected chi connectivity index (χ2v) is 9.44. The smallest absolute Gasteiger partial charge is 0.338 e. The van der Waals surface area contributed by atoms with E-state index in [2.05, 4.69) is 5.32 Å². The first-order valence-corrected chi connectivity index (χ1v) is 11.6. The van der Waals surface area contributed by atoms with Crippen LogP contribution in [-0.4, -0.2) is 57.5 Å². The van der Waals surface area contributed by atoms with Crippen LogP contribution in [0.1, 0.15) is 27.9 Å². The van der Waals surface area contributed by atoms with Crippen molar-refractivity contribution < 1.29 is 27.5 Å². The lowest BCUT2D eigenvalue weighted by atomic mass is 10.1. The number of amides is 1. The molecule has 1 aliphatic carbocycles. The number of fused-ring (bicyclic) bond motifs is 1. The van der Waals surface area contributed by atoms with E-state index in [9.17, 15) is 18.0 Å². The van der Waals surface area contributed by atoms with E-state index in [1.54, 1.807) is 0 Å². The van der Waals surface area contributed by atoms with Gasteiger partial charge in [-0.15, -0.1) is 0 Å². The topological polar surface area (TPSA) is 102 Å². The van der Waals surface area contributed by atoms with Crippen LogP contribution in [0.3, 0.4) is 0 Å². The Morgan fingerprint density at radius 2 is 1.81 bits per heavy atom. The average Bonchev–Trinajstić information content (AvgIpc) is 3.26. The van der Waals surface area contributed by atoms with Gasteiger partial charge in [-0.05, 0) is 60.7 Å². The third-order valence-electron chi connectivity index (χ3n) is 5.39. The number of nitrogens with zero attached hydrogens (tertiary/aromatic N) is 1. The van der Waals surface area contributed by atoms with Gasteiger partial charge in [-0.25, -0.2) is 13.2 Å². The zero-order chi connectivity index (χ0) is 21.8. The Balaban J connectivity index is 1.36. The Kier molecular flexibility index (Phi) is 6.35. The number of aryl methyl sites for hydroxylation is 2. The molecule has 0 saturated carbocycles. The number of carbonyl (C=O) groups excluding carboxylic acids is 2. The van der Waals surface area contributed by atoms with Crippen molar-refractivity contribution in [3.8, 4) is 0 Å². The van der Waals surface area contributed by atoms with E-state index >= 15 is 0 Å². The molecule has 0 aromatic heterocycles. The number of nitrogens with one attached hydrogen (secondary N) is 1. The van der Waals surface area contributed by atoms with Crippen molar-refractivity contribution in [1.29, 1.82) is 0 Å². The van der Waals surface area contributed by atoms with Crippen LogP contribution in [0.2, 0.25) is 0 Å². The van der Waals surface area contributed by atoms with Crippen molar-refractivity contribution >= 4 is 27.6 Å². The molecule has 0 unspecified atom stereocenters. The fourth-order valence-electron chi connectivity index (χ4n) is 3.78. The fraction of sp³-hybridized carbons (Fsp3) is 0.364. The lowest BCUT2D eigenvalue weighted by Gasteiger charge is -2.26. The van der Waals surface area contributed by atoms with Gasteiger partial charge < -0.3 is 14.8 Å². The molecule has 1 heterocycles. The number of benzene rings is 2. The van der Waals surface area contributed by atoms with Crippen molar-refractivity contribution in [2.24, 2.45) is 0 Å². The summed E-state index contributed by atoms with van der Waals surface area (Å²) in [5.74, 6) is -1.22. The molecule has 8 nitrogen and oxygen atoms in total. The summed E-state index contributed by atoms with van der Waals surface area (Å²) in [7, 11) is -3.73. The Morgan fingerprint density at radius 3 is 2.61 bits per heavy atom. The second-order valence-electron chi connectivity index (χ2n) is 7.51. The number of carbonyl (C=O) groups is 2. The first-order chi connectivity index (χ1) is 14.9. The highest BCUT2D eigenvalue weighted by atomic mass is 32.2. The van der Waals surface area contributed by atoms with Gasteiger partial charge >= 0.3 is 5.97 Å². The van der Waals surface area contributed by atoms with Crippen LogP contribution < -0.4 is 5.32 Å². The minimum atomic E-state index is -3.73. The number of hydrogen-bond donors (Lipinski definition) is 1. The molecule has 0 spiro atoms. The Hall–Kier alpha value is -2.75. The van der Waals surface area contributed by atoms with Crippen LogP contribution in [0.25, 0.3) is 0 Å². The molecule has 31 heavy (non-hydrogen) atoms. The normalized spacial score (nSPS) is 16.5. The van der Waals surface area contributed by atoms with Gasteiger partial charge in [0.1, 0.15) is 0 Å². The Morgan fingerprint density at radius 1 is 1.03 bits per heavy atom. The maximum absolute atomic E-state index is 12.8. The van der Waals surface area contributed by atoms with E-state index in [0.29, 0.717) is 18.9 Å². The van der Waals surface area contributed by atoms with E-state index < -0.39 is 28.5 Å². The first-order valence-electron chi connectivity index (χ1n) is 10.2. The summed E-state index contributed by atoms with van der Waals surface area (Å²) in [6.07, 6.45) is 3.17. The Bertz CT molecular complexity index is 1090. The van der Waals surface area contributed by atoms with Gasteiger partial charge in [-0.3, -0.25) is 4.79 Å². The quantitative estimate of drug-likeness (QED) is 0.684. The number of rotatable bonds is 6. The van der Waals surface area contributed by atoms with Gasteiger partial charge in [-0.1, -0.05) is 12.1 Å². The monoisotopic (exact) mass is 444 g/mol. The molecule has 2 aromatic carbocycles. The Labute approximate surface area is 181 Å². The predicted octanol–water partition coefficient (Wildman–Crippen LogP) is 1.99. The number of morpholine rings is 1. The van der Waals surface area contributed by atoms with Crippen LogP contribution in [0.5, 0.6) is 0 Å². The van der Waals surface area contributed by atoms with Gasteiger partial charge in [-0.2, -0.15) is 4.31 Å². The average molecular weight is 445 g/mol. The van der Waals surface area contributed by atoms with Gasteiger partial charge in [0.15, 0.2) is 6.61 Å². The molecule has 1 fully saturated rings. The highest BCUT2D eigenvalue weighted by Crippen LogP contribution is 2.25. The van der Waals surface area contributed by atoms with Crippen molar-refractivity contribution in [3.63, 3.8) is 0 Å². The second kappa shape index (κ2) is 9.17. The number of hydrogen-bond acceptors (Lipinski definition) is 6. The molecular formula is C22H24N2O6S. The van der Waals surface area contributed by atoms with Crippen LogP contribution in [-0.2, 0) is 37.1 Å². The van der Waals surface area contributed by atoms with Gasteiger partial charge in [0.05, 0.1) is 23.7 Å². The summed E-state index contributed by atoms with van der Waals surface area (Å²) >= 11 is 0. The van der Waals surface area contributed by atoms with Crippen molar-refractivity contribution in [2.75, 3.05) is 38.2 Å². The third kappa shape index (κ3) is 4.95. The molecule has 1 saturated heterocycles. The zero-order valence-electron chi connectivity index (χ0n) is 17.0. The molecule has 2 aromatic rings. The van der Waals surface area contributed by atoms with Gasteiger partial charge in [0.2, 0.25) is 10.0 Å². The summed E-state index contributed by atoms with van der Waals surface area (Å²) in [6.45, 7) is 0.733. The fourth-order valence-corrected chi connectivity index (χ4v) is 5.24. The van der Waals surface area contributed by atoms with Crippen molar-refractivity contribution in [2.45, 2.75) is 24.2 Å². The van der Waals surface area contributed by atoms with Crippen molar-refractivity contribution in [1.82, 2.24) is 4.31 Å². The maximum atomic E-state index is 12.8. The highest BCUT2D eigenvalue weighted by Gasteiger charge is 2.27. The van der Waals surface area contributed by atoms with E-state index in [0.717, 1.165) is 19.3 Å². The van der Waals surface area contributed by atoms with E-state index in [1.807, 2.05) is 18.2 Å². The maximum Gasteiger partial charge on any atom is 0.338 e. The molecule has 0 radical (unpaired) electrons. The molecule has 0 atom stereocenters. The van der Waals surface area contributed by atoms with Gasteiger partial charge in [0, 0.05) is 18.8 Å². The van der Waals surface area contributed by atoms with Gasteiger partial charge in [0.25, 0.3) is 5.91 Å². The molecule has 2 aliphatic rings. The van der Waals surface area contributed by atoms with E-state index in [4.69, 9.17) is 9.47 Å². The number of sulfonamides is 1. The first kappa shape index (κ1) is 21.5. The molecule has 9 heteroatoms. The molecule has 0 bridgehead atoms. The molecule has 164 valence electrons. The minimum Gasteiger partial charge on any atom is -0.452 e. The zero-order valence-corrected chi connectivity index (χ0v) is 17.8. The predicted molar refractivity (Wildman–Crippen MR) is 113 cm³/mol. The standard InChI is InChI=1S/C22H24N2O6S/c25-21(23-19-8-7-16-3-1-4-17(16)13-19)15-30-22(26)18-5-2-6-20(14-18)31(27,28)24-9-11-29-12-10-24/h2,5-8,13-14H,1,3-4,9-12,15H2,(H,23,25). The van der Waals surface area contributed by atoms with E-state index in [1.165, 1.54) is 39.7 Å². The van der Waals surface area contributed by atoms with Crippen LogP contribution in [0.15, 0.2) is 47.4 Å². The molecular weight excluding hydrogens is 420 g/mol. The largest absolute Gasteiger partial charge is 0.452 e. The molecule has 4 rings (SSSR count). The SMILES string of the molecule is O=C(COC(=O)c1cccc(S(=O)(=O)N2CCOCC2)c1)Nc1ccc2c(c1)CCC2. The lowest BCUT2D eigenvalue weighted by molar-refractivity contribution is -0.119. The lowest BCUT2D eigenvalue weighted by Crippen LogP contribution is -2.40. The summed E-state index contributed by atoms with van der Waals surface area (Å²) in [4.78, 5) is 24.6. The van der Waals surface area contributed by atoms with Crippen molar-refractivity contribution in [3.05, 3.63) is 59.2 Å². The summed E-state index contributed by atoms with van der Waals surface area (Å²) < 4.78 is 37.1. The van der Waals surface area contributed by atoms with E-state index in [-0.39, 0.29) is 23.5 Å². The third-order valence-corrected chi connectivity index (χ3v) is 7.29. The summed E-state index contributed by atoms with van der Waals surface area (Å²) in [5.41, 5.74) is 3.27. The molecule has 1 aliphatic heterocycles. The molecule has 1 N–H and O–H groups in total. The van der Waals surface area contributed by atoms with Crippen LogP contribution >= 0.6 is 0 Å². The van der Waals surface area contributed by atoms with Crippen LogP contribution in [0, 0.1) is 0 Å². The summed E-state index contributed by atoms with van der Waals surface area (Å²) in [5, 5.41) is 2.73. The summed E-state index contributed by atoms with van der Waals surface area (Å²) in [6, 6.07) is 11.4. The van der Waals surface area contributed by atoms with Crippen LogP contribution in [0.4, 0.5) is 5.69 Å². The highest BCUT2D eigenvalue weighted by molar-refractivity contribution is 7.89. The number of esters is 1. The number of anilines is 1.